The van der Waals surface area contributed by atoms with E-state index in [1.165, 1.54) is 11.8 Å². The second-order valence-corrected chi connectivity index (χ2v) is 8.89. The number of amides is 1. The Bertz CT molecular complexity index is 1290. The van der Waals surface area contributed by atoms with Gasteiger partial charge in [0.1, 0.15) is 0 Å². The van der Waals surface area contributed by atoms with Gasteiger partial charge in [-0.1, -0.05) is 64.1 Å². The fourth-order valence-corrected chi connectivity index (χ4v) is 4.44. The van der Waals surface area contributed by atoms with Crippen molar-refractivity contribution in [1.29, 1.82) is 0 Å². The van der Waals surface area contributed by atoms with Crippen LogP contribution >= 0.6 is 27.7 Å². The number of carbonyl (C=O) groups excluding carboxylic acids is 2. The van der Waals surface area contributed by atoms with E-state index >= 15 is 0 Å². The summed E-state index contributed by atoms with van der Waals surface area (Å²) in [5, 5.41) is 12.2. The molecule has 4 rings (SSSR count). The predicted molar refractivity (Wildman–Crippen MR) is 136 cm³/mol. The van der Waals surface area contributed by atoms with Gasteiger partial charge in [0.05, 0.1) is 17.9 Å². The summed E-state index contributed by atoms with van der Waals surface area (Å²) < 4.78 is 7.82. The van der Waals surface area contributed by atoms with Crippen molar-refractivity contribution in [1.82, 2.24) is 14.8 Å². The van der Waals surface area contributed by atoms with Gasteiger partial charge in [-0.15, -0.1) is 10.2 Å². The monoisotopic (exact) mass is 536 g/mol. The number of benzene rings is 3. The lowest BCUT2D eigenvalue weighted by molar-refractivity contribution is -0.113. The summed E-state index contributed by atoms with van der Waals surface area (Å²) in [4.78, 5) is 24.4. The Morgan fingerprint density at radius 2 is 1.68 bits per heavy atom. The standard InChI is InChI=1S/C25H21BrN4O3S/c1-2-33-24(32)17-12-14-18(15-13-17)27-22(31)16-34-25-29-28-23(20-10-6-7-11-21(20)26)30(25)19-8-4-3-5-9-19/h3-15H,2,16H2,1H3,(H,27,31). The summed E-state index contributed by atoms with van der Waals surface area (Å²) in [5.41, 5.74) is 2.83. The molecule has 172 valence electrons. The molecule has 34 heavy (non-hydrogen) atoms. The number of ether oxygens (including phenoxy) is 1. The number of halogens is 1. The van der Waals surface area contributed by atoms with Crippen molar-refractivity contribution in [3.05, 3.63) is 88.9 Å². The molecule has 0 saturated carbocycles. The van der Waals surface area contributed by atoms with Gasteiger partial charge in [0, 0.05) is 21.4 Å². The van der Waals surface area contributed by atoms with Crippen molar-refractivity contribution in [2.45, 2.75) is 12.1 Å². The summed E-state index contributed by atoms with van der Waals surface area (Å²) in [6, 6.07) is 24.2. The number of aromatic nitrogens is 3. The highest BCUT2D eigenvalue weighted by atomic mass is 79.9. The van der Waals surface area contributed by atoms with E-state index in [9.17, 15) is 9.59 Å². The van der Waals surface area contributed by atoms with Crippen LogP contribution in [0.5, 0.6) is 0 Å². The molecule has 0 atom stereocenters. The first-order valence-electron chi connectivity index (χ1n) is 10.5. The number of para-hydroxylation sites is 1. The van der Waals surface area contributed by atoms with Gasteiger partial charge in [-0.3, -0.25) is 9.36 Å². The predicted octanol–water partition coefficient (Wildman–Crippen LogP) is 5.60. The molecule has 0 radical (unpaired) electrons. The molecule has 0 saturated heterocycles. The molecule has 0 aliphatic heterocycles. The van der Waals surface area contributed by atoms with E-state index in [0.717, 1.165) is 15.7 Å². The average Bonchev–Trinajstić information content (AvgIpc) is 3.28. The van der Waals surface area contributed by atoms with Gasteiger partial charge in [0.2, 0.25) is 5.91 Å². The highest BCUT2D eigenvalue weighted by Crippen LogP contribution is 2.32. The van der Waals surface area contributed by atoms with Gasteiger partial charge in [-0.25, -0.2) is 4.79 Å². The molecule has 1 aromatic heterocycles. The van der Waals surface area contributed by atoms with E-state index in [1.807, 2.05) is 59.2 Å². The highest BCUT2D eigenvalue weighted by molar-refractivity contribution is 9.10. The molecule has 1 amide bonds. The molecule has 0 bridgehead atoms. The molecular weight excluding hydrogens is 516 g/mol. The van der Waals surface area contributed by atoms with Crippen LogP contribution < -0.4 is 5.32 Å². The first kappa shape index (κ1) is 23.7. The van der Waals surface area contributed by atoms with Gasteiger partial charge in [-0.05, 0) is 49.4 Å². The molecule has 0 fully saturated rings. The molecule has 4 aromatic rings. The Morgan fingerprint density at radius 1 is 0.971 bits per heavy atom. The van der Waals surface area contributed by atoms with Crippen LogP contribution in [-0.2, 0) is 9.53 Å². The number of thioether (sulfide) groups is 1. The zero-order valence-corrected chi connectivity index (χ0v) is 20.7. The van der Waals surface area contributed by atoms with Crippen molar-refractivity contribution in [2.24, 2.45) is 0 Å². The number of anilines is 1. The fraction of sp³-hybridized carbons (Fsp3) is 0.120. The van der Waals surface area contributed by atoms with E-state index in [1.54, 1.807) is 31.2 Å². The molecule has 0 aliphatic rings. The fourth-order valence-electron chi connectivity index (χ4n) is 3.22. The number of carbonyl (C=O) groups is 2. The maximum atomic E-state index is 12.6. The highest BCUT2D eigenvalue weighted by Gasteiger charge is 2.19. The molecule has 0 unspecified atom stereocenters. The second-order valence-electron chi connectivity index (χ2n) is 7.09. The zero-order chi connectivity index (χ0) is 23.9. The molecule has 3 aromatic carbocycles. The SMILES string of the molecule is CCOC(=O)c1ccc(NC(=O)CSc2nnc(-c3ccccc3Br)n2-c2ccccc2)cc1. The molecule has 9 heteroatoms. The van der Waals surface area contributed by atoms with Crippen LogP contribution in [-0.4, -0.2) is 39.0 Å². The maximum absolute atomic E-state index is 12.6. The number of hydrogen-bond donors (Lipinski definition) is 1. The Labute approximate surface area is 209 Å². The third kappa shape index (κ3) is 5.55. The maximum Gasteiger partial charge on any atom is 0.338 e. The lowest BCUT2D eigenvalue weighted by Gasteiger charge is -2.11. The van der Waals surface area contributed by atoms with E-state index in [-0.39, 0.29) is 11.7 Å². The van der Waals surface area contributed by atoms with Crippen LogP contribution in [0.3, 0.4) is 0 Å². The van der Waals surface area contributed by atoms with E-state index in [0.29, 0.717) is 28.8 Å². The summed E-state index contributed by atoms with van der Waals surface area (Å²) >= 11 is 4.88. The average molecular weight is 537 g/mol. The minimum atomic E-state index is -0.392. The third-order valence-electron chi connectivity index (χ3n) is 4.77. The molecule has 1 N–H and O–H groups in total. The Kier molecular flexibility index (Phi) is 7.76. The minimum absolute atomic E-state index is 0.139. The largest absolute Gasteiger partial charge is 0.462 e. The van der Waals surface area contributed by atoms with E-state index in [4.69, 9.17) is 4.74 Å². The van der Waals surface area contributed by atoms with Crippen LogP contribution in [0.1, 0.15) is 17.3 Å². The van der Waals surface area contributed by atoms with Crippen molar-refractivity contribution in [3.8, 4) is 17.1 Å². The number of nitrogens with zero attached hydrogens (tertiary/aromatic N) is 3. The lowest BCUT2D eigenvalue weighted by atomic mass is 10.2. The molecule has 0 spiro atoms. The second kappa shape index (κ2) is 11.1. The third-order valence-corrected chi connectivity index (χ3v) is 6.40. The quantitative estimate of drug-likeness (QED) is 0.233. The summed E-state index contributed by atoms with van der Waals surface area (Å²) in [6.45, 7) is 2.06. The Hall–Kier alpha value is -3.43. The minimum Gasteiger partial charge on any atom is -0.462 e. The van der Waals surface area contributed by atoms with Crippen LogP contribution in [0.15, 0.2) is 88.5 Å². The van der Waals surface area contributed by atoms with Crippen molar-refractivity contribution in [2.75, 3.05) is 17.7 Å². The molecule has 1 heterocycles. The number of rotatable bonds is 8. The molecule has 0 aliphatic carbocycles. The van der Waals surface area contributed by atoms with Gasteiger partial charge in [0.25, 0.3) is 0 Å². The van der Waals surface area contributed by atoms with Crippen molar-refractivity contribution in [3.63, 3.8) is 0 Å². The van der Waals surface area contributed by atoms with Crippen LogP contribution in [0.4, 0.5) is 5.69 Å². The summed E-state index contributed by atoms with van der Waals surface area (Å²) in [7, 11) is 0. The first-order chi connectivity index (χ1) is 16.6. The van der Waals surface area contributed by atoms with Crippen molar-refractivity contribution < 1.29 is 14.3 Å². The first-order valence-corrected chi connectivity index (χ1v) is 12.3. The van der Waals surface area contributed by atoms with Crippen molar-refractivity contribution >= 4 is 45.3 Å². The normalized spacial score (nSPS) is 10.6. The van der Waals surface area contributed by atoms with Crippen LogP contribution in [0.2, 0.25) is 0 Å². The Morgan fingerprint density at radius 3 is 2.38 bits per heavy atom. The topological polar surface area (TPSA) is 86.1 Å². The summed E-state index contributed by atoms with van der Waals surface area (Å²) in [6.07, 6.45) is 0. The smallest absolute Gasteiger partial charge is 0.338 e. The van der Waals surface area contributed by atoms with Crippen LogP contribution in [0.25, 0.3) is 17.1 Å². The van der Waals surface area contributed by atoms with E-state index < -0.39 is 5.97 Å². The van der Waals surface area contributed by atoms with Crippen LogP contribution in [0, 0.1) is 0 Å². The number of esters is 1. The lowest BCUT2D eigenvalue weighted by Crippen LogP contribution is -2.15. The number of hydrogen-bond acceptors (Lipinski definition) is 6. The molecular formula is C25H21BrN4O3S. The van der Waals surface area contributed by atoms with Gasteiger partial charge in [0.15, 0.2) is 11.0 Å². The summed E-state index contributed by atoms with van der Waals surface area (Å²) in [5.74, 6) is 0.229. The van der Waals surface area contributed by atoms with Gasteiger partial charge in [-0.2, -0.15) is 0 Å². The number of nitrogens with one attached hydrogen (secondary N) is 1. The Balaban J connectivity index is 1.50. The van der Waals surface area contributed by atoms with E-state index in [2.05, 4.69) is 31.4 Å². The molecule has 7 nitrogen and oxygen atoms in total. The van der Waals surface area contributed by atoms with Gasteiger partial charge >= 0.3 is 5.97 Å². The van der Waals surface area contributed by atoms with Gasteiger partial charge < -0.3 is 10.1 Å². The zero-order valence-electron chi connectivity index (χ0n) is 18.3.